The SMILES string of the molecule is CC(C(=O)N1CCCC1)N1CCCC1C1CCCCC1O. The molecule has 2 heterocycles. The minimum Gasteiger partial charge on any atom is -0.393 e. The predicted octanol–water partition coefficient (Wildman–Crippen LogP) is 2.01. The lowest BCUT2D eigenvalue weighted by atomic mass is 9.80. The van der Waals surface area contributed by atoms with Crippen LogP contribution in [0.1, 0.15) is 58.3 Å². The Morgan fingerprint density at radius 1 is 1.00 bits per heavy atom. The first kappa shape index (κ1) is 15.3. The van der Waals surface area contributed by atoms with Crippen LogP contribution in [-0.4, -0.2) is 58.6 Å². The summed E-state index contributed by atoms with van der Waals surface area (Å²) < 4.78 is 0. The van der Waals surface area contributed by atoms with Crippen molar-refractivity contribution in [3.8, 4) is 0 Å². The lowest BCUT2D eigenvalue weighted by Crippen LogP contribution is -2.52. The Bertz CT molecular complexity index is 368. The lowest BCUT2D eigenvalue weighted by Gasteiger charge is -2.40. The van der Waals surface area contributed by atoms with E-state index in [1.807, 2.05) is 4.90 Å². The highest BCUT2D eigenvalue weighted by Crippen LogP contribution is 2.35. The number of amides is 1. The average molecular weight is 294 g/mol. The maximum atomic E-state index is 12.7. The minimum atomic E-state index is -0.154. The van der Waals surface area contributed by atoms with E-state index < -0.39 is 0 Å². The quantitative estimate of drug-likeness (QED) is 0.866. The normalized spacial score (nSPS) is 36.1. The number of nitrogens with zero attached hydrogens (tertiary/aromatic N) is 2. The van der Waals surface area contributed by atoms with Crippen molar-refractivity contribution < 1.29 is 9.90 Å². The van der Waals surface area contributed by atoms with E-state index in [0.717, 1.165) is 58.2 Å². The molecule has 0 aromatic carbocycles. The third-order valence-electron chi connectivity index (χ3n) is 5.89. The zero-order valence-corrected chi connectivity index (χ0v) is 13.3. The van der Waals surface area contributed by atoms with Crippen LogP contribution in [0.5, 0.6) is 0 Å². The fourth-order valence-electron chi connectivity index (χ4n) is 4.69. The number of carbonyl (C=O) groups is 1. The standard InChI is InChI=1S/C17H30N2O2/c1-13(17(21)18-10-4-5-11-18)19-12-6-8-15(19)14-7-2-3-9-16(14)20/h13-16,20H,2-12H2,1H3. The second-order valence-electron chi connectivity index (χ2n) is 7.17. The number of hydrogen-bond acceptors (Lipinski definition) is 3. The maximum Gasteiger partial charge on any atom is 0.239 e. The molecule has 4 nitrogen and oxygen atoms in total. The van der Waals surface area contributed by atoms with Gasteiger partial charge in [-0.3, -0.25) is 9.69 Å². The van der Waals surface area contributed by atoms with Gasteiger partial charge in [0.15, 0.2) is 0 Å². The second kappa shape index (κ2) is 6.66. The van der Waals surface area contributed by atoms with Crippen LogP contribution >= 0.6 is 0 Å². The Labute approximate surface area is 128 Å². The van der Waals surface area contributed by atoms with E-state index in [-0.39, 0.29) is 12.1 Å². The number of likely N-dealkylation sites (tertiary alicyclic amines) is 2. The molecule has 3 fully saturated rings. The Morgan fingerprint density at radius 3 is 2.43 bits per heavy atom. The first-order valence-corrected chi connectivity index (χ1v) is 8.91. The first-order chi connectivity index (χ1) is 10.2. The number of rotatable bonds is 3. The molecule has 4 heteroatoms. The van der Waals surface area contributed by atoms with E-state index in [9.17, 15) is 9.90 Å². The monoisotopic (exact) mass is 294 g/mol. The van der Waals surface area contributed by atoms with Gasteiger partial charge in [0.1, 0.15) is 0 Å². The molecular weight excluding hydrogens is 264 g/mol. The molecule has 21 heavy (non-hydrogen) atoms. The van der Waals surface area contributed by atoms with E-state index in [4.69, 9.17) is 0 Å². The molecule has 0 bridgehead atoms. The zero-order valence-electron chi connectivity index (χ0n) is 13.3. The maximum absolute atomic E-state index is 12.7. The minimum absolute atomic E-state index is 0.00951. The topological polar surface area (TPSA) is 43.8 Å². The van der Waals surface area contributed by atoms with Crippen molar-refractivity contribution in [3.63, 3.8) is 0 Å². The summed E-state index contributed by atoms with van der Waals surface area (Å²) in [6, 6.07) is 0.409. The van der Waals surface area contributed by atoms with Gasteiger partial charge in [0.25, 0.3) is 0 Å². The molecule has 2 saturated heterocycles. The van der Waals surface area contributed by atoms with Crippen LogP contribution in [0.4, 0.5) is 0 Å². The van der Waals surface area contributed by atoms with Crippen LogP contribution in [0.25, 0.3) is 0 Å². The molecule has 0 spiro atoms. The van der Waals surface area contributed by atoms with Crippen LogP contribution in [0.2, 0.25) is 0 Å². The van der Waals surface area contributed by atoms with Crippen molar-refractivity contribution in [1.29, 1.82) is 0 Å². The van der Waals surface area contributed by atoms with Gasteiger partial charge in [0.2, 0.25) is 5.91 Å². The van der Waals surface area contributed by atoms with E-state index in [0.29, 0.717) is 17.9 Å². The van der Waals surface area contributed by atoms with Gasteiger partial charge in [-0.15, -0.1) is 0 Å². The largest absolute Gasteiger partial charge is 0.393 e. The summed E-state index contributed by atoms with van der Waals surface area (Å²) in [4.78, 5) is 17.1. The van der Waals surface area contributed by atoms with Crippen molar-refractivity contribution in [2.24, 2.45) is 5.92 Å². The van der Waals surface area contributed by atoms with Gasteiger partial charge in [-0.05, 0) is 52.0 Å². The third-order valence-corrected chi connectivity index (χ3v) is 5.89. The summed E-state index contributed by atoms with van der Waals surface area (Å²) in [5.74, 6) is 0.694. The van der Waals surface area contributed by atoms with E-state index in [1.54, 1.807) is 0 Å². The molecule has 3 rings (SSSR count). The zero-order chi connectivity index (χ0) is 14.8. The molecule has 4 unspecified atom stereocenters. The van der Waals surface area contributed by atoms with Crippen molar-refractivity contribution >= 4 is 5.91 Å². The van der Waals surface area contributed by atoms with E-state index in [1.165, 1.54) is 12.8 Å². The predicted molar refractivity (Wildman–Crippen MR) is 83.0 cm³/mol. The Hall–Kier alpha value is -0.610. The summed E-state index contributed by atoms with van der Waals surface area (Å²) in [5, 5.41) is 10.4. The molecule has 0 radical (unpaired) electrons. The highest BCUT2D eigenvalue weighted by molar-refractivity contribution is 5.81. The molecule has 1 amide bonds. The van der Waals surface area contributed by atoms with Gasteiger partial charge in [-0.25, -0.2) is 0 Å². The number of carbonyl (C=O) groups excluding carboxylic acids is 1. The number of aliphatic hydroxyl groups excluding tert-OH is 1. The van der Waals surface area contributed by atoms with Crippen LogP contribution < -0.4 is 0 Å². The van der Waals surface area contributed by atoms with E-state index in [2.05, 4.69) is 11.8 Å². The molecule has 4 atom stereocenters. The lowest BCUT2D eigenvalue weighted by molar-refractivity contribution is -0.136. The summed E-state index contributed by atoms with van der Waals surface area (Å²) in [6.45, 7) is 4.98. The fourth-order valence-corrected chi connectivity index (χ4v) is 4.69. The van der Waals surface area contributed by atoms with E-state index >= 15 is 0 Å². The molecule has 1 aliphatic carbocycles. The molecule has 0 aromatic rings. The van der Waals surface area contributed by atoms with Gasteiger partial charge < -0.3 is 10.0 Å². The van der Waals surface area contributed by atoms with Crippen LogP contribution in [0.15, 0.2) is 0 Å². The van der Waals surface area contributed by atoms with Gasteiger partial charge in [0.05, 0.1) is 12.1 Å². The fraction of sp³-hybridized carbons (Fsp3) is 0.941. The molecule has 3 aliphatic rings. The van der Waals surface area contributed by atoms with Crippen molar-refractivity contribution in [3.05, 3.63) is 0 Å². The van der Waals surface area contributed by atoms with Gasteiger partial charge in [0, 0.05) is 25.0 Å². The summed E-state index contributed by atoms with van der Waals surface area (Å²) in [7, 11) is 0. The molecule has 0 aromatic heterocycles. The molecule has 1 saturated carbocycles. The molecule has 1 N–H and O–H groups in total. The van der Waals surface area contributed by atoms with Gasteiger partial charge in [-0.2, -0.15) is 0 Å². The van der Waals surface area contributed by atoms with Crippen molar-refractivity contribution in [1.82, 2.24) is 9.80 Å². The Morgan fingerprint density at radius 2 is 1.71 bits per heavy atom. The smallest absolute Gasteiger partial charge is 0.239 e. The number of hydrogen-bond donors (Lipinski definition) is 1. The first-order valence-electron chi connectivity index (χ1n) is 8.91. The third kappa shape index (κ3) is 3.11. The van der Waals surface area contributed by atoms with Crippen LogP contribution in [-0.2, 0) is 4.79 Å². The van der Waals surface area contributed by atoms with Crippen molar-refractivity contribution in [2.45, 2.75) is 76.5 Å². The van der Waals surface area contributed by atoms with Gasteiger partial charge in [-0.1, -0.05) is 12.8 Å². The molecule has 120 valence electrons. The highest BCUT2D eigenvalue weighted by atomic mass is 16.3. The van der Waals surface area contributed by atoms with Crippen molar-refractivity contribution in [2.75, 3.05) is 19.6 Å². The average Bonchev–Trinajstić information content (AvgIpc) is 3.17. The number of aliphatic hydroxyl groups is 1. The van der Waals surface area contributed by atoms with Gasteiger partial charge >= 0.3 is 0 Å². The summed E-state index contributed by atoms with van der Waals surface area (Å²) in [6.07, 6.45) is 8.96. The van der Waals surface area contributed by atoms with Crippen LogP contribution in [0, 0.1) is 5.92 Å². The summed E-state index contributed by atoms with van der Waals surface area (Å²) >= 11 is 0. The Kier molecular flexibility index (Phi) is 4.85. The second-order valence-corrected chi connectivity index (χ2v) is 7.17. The Balaban J connectivity index is 1.66. The summed E-state index contributed by atoms with van der Waals surface area (Å²) in [5.41, 5.74) is 0. The van der Waals surface area contributed by atoms with Crippen LogP contribution in [0.3, 0.4) is 0 Å². The molecule has 2 aliphatic heterocycles. The molecular formula is C17H30N2O2. The highest BCUT2D eigenvalue weighted by Gasteiger charge is 2.41.